The van der Waals surface area contributed by atoms with Crippen molar-refractivity contribution < 1.29 is 22.3 Å². The minimum atomic E-state index is -3.88. The van der Waals surface area contributed by atoms with E-state index in [4.69, 9.17) is 10.5 Å². The smallest absolute Gasteiger partial charge is 0.338 e. The van der Waals surface area contributed by atoms with Crippen molar-refractivity contribution >= 4 is 28.4 Å². The Bertz CT molecular complexity index is 713. The summed E-state index contributed by atoms with van der Waals surface area (Å²) < 4.78 is 45.2. The Kier molecular flexibility index (Phi) is 6.75. The second-order valence-electron chi connectivity index (χ2n) is 6.00. The van der Waals surface area contributed by atoms with E-state index >= 15 is 0 Å². The molecular formula is C15H22ClFN2O4S. The van der Waals surface area contributed by atoms with Gasteiger partial charge < -0.3 is 10.5 Å². The predicted octanol–water partition coefficient (Wildman–Crippen LogP) is 1.78. The molecule has 136 valence electrons. The van der Waals surface area contributed by atoms with Gasteiger partial charge in [-0.2, -0.15) is 4.31 Å². The van der Waals surface area contributed by atoms with Crippen LogP contribution in [0.1, 0.15) is 30.6 Å². The van der Waals surface area contributed by atoms with E-state index in [0.29, 0.717) is 19.5 Å². The quantitative estimate of drug-likeness (QED) is 0.786. The third-order valence-electron chi connectivity index (χ3n) is 4.04. The fourth-order valence-corrected chi connectivity index (χ4v) is 4.19. The lowest BCUT2D eigenvalue weighted by Crippen LogP contribution is -2.34. The van der Waals surface area contributed by atoms with Gasteiger partial charge in [0.05, 0.1) is 17.1 Å². The van der Waals surface area contributed by atoms with Crippen molar-refractivity contribution in [2.75, 3.05) is 26.2 Å². The molecule has 0 radical (unpaired) electrons. The molecule has 1 saturated heterocycles. The Morgan fingerprint density at radius 2 is 2.08 bits per heavy atom. The second kappa shape index (κ2) is 7.77. The van der Waals surface area contributed by atoms with E-state index in [-0.39, 0.29) is 41.4 Å². The summed E-state index contributed by atoms with van der Waals surface area (Å²) in [6.45, 7) is 4.62. The minimum absolute atomic E-state index is 0. The van der Waals surface area contributed by atoms with E-state index in [9.17, 15) is 17.6 Å². The van der Waals surface area contributed by atoms with Crippen molar-refractivity contribution in [2.24, 2.45) is 11.1 Å². The number of esters is 1. The molecule has 0 aliphatic carbocycles. The lowest BCUT2D eigenvalue weighted by atomic mass is 9.90. The molecule has 9 heteroatoms. The van der Waals surface area contributed by atoms with Crippen LogP contribution in [0.3, 0.4) is 0 Å². The van der Waals surface area contributed by atoms with Gasteiger partial charge in [0, 0.05) is 13.1 Å². The van der Waals surface area contributed by atoms with Crippen LogP contribution in [-0.4, -0.2) is 44.9 Å². The summed E-state index contributed by atoms with van der Waals surface area (Å²) in [6.07, 6.45) is 0.642. The number of hydrogen-bond donors (Lipinski definition) is 1. The van der Waals surface area contributed by atoms with Gasteiger partial charge in [-0.3, -0.25) is 0 Å². The lowest BCUT2D eigenvalue weighted by molar-refractivity contribution is 0.0525. The SMILES string of the molecule is CCOC(=O)c1cc(F)cc(S(=O)(=O)N2CCC(C)(CN)C2)c1.Cl. The first kappa shape index (κ1) is 20.8. The average molecular weight is 381 g/mol. The fourth-order valence-electron chi connectivity index (χ4n) is 2.54. The van der Waals surface area contributed by atoms with Gasteiger partial charge in [0.1, 0.15) is 5.82 Å². The molecule has 1 aliphatic rings. The Hall–Kier alpha value is -1.22. The molecule has 6 nitrogen and oxygen atoms in total. The molecule has 1 unspecified atom stereocenters. The average Bonchev–Trinajstić information content (AvgIpc) is 2.91. The number of hydrogen-bond acceptors (Lipinski definition) is 5. The van der Waals surface area contributed by atoms with Crippen LogP contribution < -0.4 is 5.73 Å². The Morgan fingerprint density at radius 1 is 1.42 bits per heavy atom. The normalized spacial score (nSPS) is 21.3. The van der Waals surface area contributed by atoms with Crippen LogP contribution in [0.4, 0.5) is 4.39 Å². The summed E-state index contributed by atoms with van der Waals surface area (Å²) in [5.41, 5.74) is 5.28. The standard InChI is InChI=1S/C15H21FN2O4S.ClH/c1-3-22-14(19)11-6-12(16)8-13(7-11)23(20,21)18-5-4-15(2,9-17)10-18;/h6-8H,3-5,9-10,17H2,1-2H3;1H. The van der Waals surface area contributed by atoms with Crippen LogP contribution in [0.25, 0.3) is 0 Å². The van der Waals surface area contributed by atoms with Crippen LogP contribution in [0.15, 0.2) is 23.1 Å². The number of halogens is 2. The van der Waals surface area contributed by atoms with E-state index in [1.165, 1.54) is 4.31 Å². The van der Waals surface area contributed by atoms with Crippen LogP contribution >= 0.6 is 12.4 Å². The number of nitrogens with zero attached hydrogens (tertiary/aromatic N) is 1. The summed E-state index contributed by atoms with van der Waals surface area (Å²) in [5, 5.41) is 0. The van der Waals surface area contributed by atoms with Gasteiger partial charge in [0.15, 0.2) is 0 Å². The van der Waals surface area contributed by atoms with Crippen molar-refractivity contribution in [1.82, 2.24) is 4.31 Å². The first-order valence-corrected chi connectivity index (χ1v) is 8.84. The zero-order chi connectivity index (χ0) is 17.3. The number of nitrogens with two attached hydrogens (primary N) is 1. The number of rotatable bonds is 5. The summed E-state index contributed by atoms with van der Waals surface area (Å²) >= 11 is 0. The van der Waals surface area contributed by atoms with E-state index in [2.05, 4.69) is 0 Å². The molecule has 2 rings (SSSR count). The zero-order valence-corrected chi connectivity index (χ0v) is 15.3. The number of benzene rings is 1. The molecule has 1 atom stereocenters. The minimum Gasteiger partial charge on any atom is -0.462 e. The van der Waals surface area contributed by atoms with E-state index in [0.717, 1.165) is 18.2 Å². The summed E-state index contributed by atoms with van der Waals surface area (Å²) in [5.74, 6) is -1.55. The molecule has 2 N–H and O–H groups in total. The highest BCUT2D eigenvalue weighted by Crippen LogP contribution is 2.32. The van der Waals surface area contributed by atoms with Crippen LogP contribution in [0, 0.1) is 11.2 Å². The van der Waals surface area contributed by atoms with Crippen molar-refractivity contribution in [3.05, 3.63) is 29.6 Å². The van der Waals surface area contributed by atoms with Crippen LogP contribution in [-0.2, 0) is 14.8 Å². The van der Waals surface area contributed by atoms with Crippen molar-refractivity contribution in [3.63, 3.8) is 0 Å². The van der Waals surface area contributed by atoms with Crippen LogP contribution in [0.2, 0.25) is 0 Å². The number of carbonyl (C=O) groups is 1. The Labute approximate surface area is 147 Å². The van der Waals surface area contributed by atoms with Crippen molar-refractivity contribution in [1.29, 1.82) is 0 Å². The molecule has 24 heavy (non-hydrogen) atoms. The maximum Gasteiger partial charge on any atom is 0.338 e. The van der Waals surface area contributed by atoms with E-state index in [1.54, 1.807) is 6.92 Å². The van der Waals surface area contributed by atoms with Gasteiger partial charge in [-0.15, -0.1) is 12.4 Å². The summed E-state index contributed by atoms with van der Waals surface area (Å²) in [6, 6.07) is 3.02. The maximum absolute atomic E-state index is 13.8. The second-order valence-corrected chi connectivity index (χ2v) is 7.94. The fraction of sp³-hybridized carbons (Fsp3) is 0.533. The molecule has 0 aromatic heterocycles. The molecule has 1 aliphatic heterocycles. The molecule has 1 fully saturated rings. The number of sulfonamides is 1. The molecule has 0 saturated carbocycles. The van der Waals surface area contributed by atoms with Gasteiger partial charge in [-0.1, -0.05) is 6.92 Å². The lowest BCUT2D eigenvalue weighted by Gasteiger charge is -2.22. The maximum atomic E-state index is 13.8. The van der Waals surface area contributed by atoms with Gasteiger partial charge in [0.25, 0.3) is 0 Å². The third kappa shape index (κ3) is 4.24. The van der Waals surface area contributed by atoms with Gasteiger partial charge in [0.2, 0.25) is 10.0 Å². The predicted molar refractivity (Wildman–Crippen MR) is 90.1 cm³/mol. The molecule has 0 spiro atoms. The molecular weight excluding hydrogens is 359 g/mol. The highest BCUT2D eigenvalue weighted by molar-refractivity contribution is 7.89. The topological polar surface area (TPSA) is 89.7 Å². The first-order chi connectivity index (χ1) is 10.7. The summed E-state index contributed by atoms with van der Waals surface area (Å²) in [7, 11) is -3.88. The summed E-state index contributed by atoms with van der Waals surface area (Å²) in [4.78, 5) is 11.5. The largest absolute Gasteiger partial charge is 0.462 e. The Balaban J connectivity index is 0.00000288. The van der Waals surface area contributed by atoms with E-state index in [1.807, 2.05) is 6.92 Å². The number of ether oxygens (including phenoxy) is 1. The van der Waals surface area contributed by atoms with E-state index < -0.39 is 21.8 Å². The zero-order valence-electron chi connectivity index (χ0n) is 13.6. The molecule has 1 heterocycles. The monoisotopic (exact) mass is 380 g/mol. The van der Waals surface area contributed by atoms with Gasteiger partial charge >= 0.3 is 5.97 Å². The Morgan fingerprint density at radius 3 is 2.62 bits per heavy atom. The first-order valence-electron chi connectivity index (χ1n) is 7.40. The molecule has 0 bridgehead atoms. The van der Waals surface area contributed by atoms with Gasteiger partial charge in [-0.05, 0) is 43.5 Å². The van der Waals surface area contributed by atoms with Crippen molar-refractivity contribution in [2.45, 2.75) is 25.2 Å². The molecule has 1 aromatic carbocycles. The molecule has 1 aromatic rings. The van der Waals surface area contributed by atoms with Gasteiger partial charge in [-0.25, -0.2) is 17.6 Å². The van der Waals surface area contributed by atoms with Crippen molar-refractivity contribution in [3.8, 4) is 0 Å². The number of carbonyl (C=O) groups excluding carboxylic acids is 1. The molecule has 0 amide bonds. The van der Waals surface area contributed by atoms with Crippen LogP contribution in [0.5, 0.6) is 0 Å². The highest BCUT2D eigenvalue weighted by atomic mass is 35.5. The highest BCUT2D eigenvalue weighted by Gasteiger charge is 2.39. The third-order valence-corrected chi connectivity index (χ3v) is 5.86.